The zero-order valence-electron chi connectivity index (χ0n) is 12.2. The predicted molar refractivity (Wildman–Crippen MR) is 81.9 cm³/mol. The number of hydrogen-bond acceptors (Lipinski definition) is 4. The van der Waals surface area contributed by atoms with Crippen molar-refractivity contribution in [2.24, 2.45) is 0 Å². The third kappa shape index (κ3) is 4.07. The van der Waals surface area contributed by atoms with E-state index >= 15 is 0 Å². The Bertz CT molecular complexity index is 651. The monoisotopic (exact) mass is 309 g/mol. The zero-order chi connectivity index (χ0) is 15.5. The molecule has 0 N–H and O–H groups in total. The highest BCUT2D eigenvalue weighted by atomic mass is 32.2. The van der Waals surface area contributed by atoms with Crippen molar-refractivity contribution in [1.29, 1.82) is 0 Å². The maximum atomic E-state index is 12.1. The number of carbonyl (C=O) groups is 1. The second-order valence-corrected chi connectivity index (χ2v) is 7.34. The van der Waals surface area contributed by atoms with Crippen LogP contribution >= 0.6 is 0 Å². The Kier molecular flexibility index (Phi) is 4.67. The molecule has 1 fully saturated rings. The summed E-state index contributed by atoms with van der Waals surface area (Å²) in [4.78, 5) is 13.6. The molecule has 114 valence electrons. The lowest BCUT2D eigenvalue weighted by Crippen LogP contribution is -2.36. The van der Waals surface area contributed by atoms with Gasteiger partial charge in [-0.25, -0.2) is 8.42 Å². The van der Waals surface area contributed by atoms with Crippen LogP contribution in [0.2, 0.25) is 0 Å². The molecular weight excluding hydrogens is 290 g/mol. The van der Waals surface area contributed by atoms with Crippen LogP contribution in [-0.4, -0.2) is 50.9 Å². The molecule has 1 aliphatic heterocycles. The van der Waals surface area contributed by atoms with Gasteiger partial charge in [-0.3, -0.25) is 4.79 Å². The maximum absolute atomic E-state index is 12.1. The summed E-state index contributed by atoms with van der Waals surface area (Å²) in [5, 5.41) is 0. The lowest BCUT2D eigenvalue weighted by Gasteiger charge is -2.21. The summed E-state index contributed by atoms with van der Waals surface area (Å²) in [7, 11) is 0.244. The average molecular weight is 309 g/mol. The lowest BCUT2D eigenvalue weighted by molar-refractivity contribution is -0.126. The Balaban J connectivity index is 2.01. The molecule has 0 radical (unpaired) electrons. The van der Waals surface area contributed by atoms with Gasteiger partial charge in [-0.15, -0.1) is 0 Å². The summed E-state index contributed by atoms with van der Waals surface area (Å²) in [6.45, 7) is 0. The van der Waals surface area contributed by atoms with Gasteiger partial charge in [0.25, 0.3) is 0 Å². The first-order valence-corrected chi connectivity index (χ1v) is 8.53. The first-order valence-electron chi connectivity index (χ1n) is 6.70. The fourth-order valence-electron chi connectivity index (χ4n) is 2.29. The van der Waals surface area contributed by atoms with Gasteiger partial charge in [-0.1, -0.05) is 12.1 Å². The minimum atomic E-state index is -2.98. The van der Waals surface area contributed by atoms with E-state index in [0.29, 0.717) is 6.42 Å². The standard InChI is InChI=1S/C15H19NO4S/c1-16(13-8-9-21(18,19)11-13)15(17)7-6-12-4-3-5-14(10-12)20-2/h3-7,10,13H,8-9,11H2,1-2H3/b7-6+. The van der Waals surface area contributed by atoms with Gasteiger partial charge in [0.1, 0.15) is 5.75 Å². The molecule has 1 unspecified atom stereocenters. The molecule has 1 aromatic rings. The number of nitrogens with zero attached hydrogens (tertiary/aromatic N) is 1. The SMILES string of the molecule is COc1cccc(/C=C/C(=O)N(C)C2CCS(=O)(=O)C2)c1. The number of amides is 1. The molecule has 1 aromatic carbocycles. The van der Waals surface area contributed by atoms with E-state index in [0.717, 1.165) is 11.3 Å². The molecular formula is C15H19NO4S. The Labute approximate surface area is 125 Å². The van der Waals surface area contributed by atoms with E-state index in [1.54, 1.807) is 20.2 Å². The molecule has 1 aliphatic rings. The molecule has 2 rings (SSSR count). The van der Waals surface area contributed by atoms with Crippen molar-refractivity contribution in [3.63, 3.8) is 0 Å². The molecule has 5 nitrogen and oxygen atoms in total. The summed E-state index contributed by atoms with van der Waals surface area (Å²) < 4.78 is 28.0. The summed E-state index contributed by atoms with van der Waals surface area (Å²) in [5.41, 5.74) is 0.857. The number of methoxy groups -OCH3 is 1. The van der Waals surface area contributed by atoms with Gasteiger partial charge >= 0.3 is 0 Å². The van der Waals surface area contributed by atoms with Gasteiger partial charge in [-0.2, -0.15) is 0 Å². The van der Waals surface area contributed by atoms with Crippen LogP contribution in [0.1, 0.15) is 12.0 Å². The largest absolute Gasteiger partial charge is 0.497 e. The summed E-state index contributed by atoms with van der Waals surface area (Å²) in [6.07, 6.45) is 3.67. The Morgan fingerprint density at radius 1 is 1.43 bits per heavy atom. The highest BCUT2D eigenvalue weighted by Crippen LogP contribution is 2.17. The number of likely N-dealkylation sites (N-methyl/N-ethyl adjacent to an activating group) is 1. The quantitative estimate of drug-likeness (QED) is 0.788. The van der Waals surface area contributed by atoms with Crippen molar-refractivity contribution in [3.8, 4) is 5.75 Å². The molecule has 21 heavy (non-hydrogen) atoms. The molecule has 1 amide bonds. The van der Waals surface area contributed by atoms with Crippen LogP contribution < -0.4 is 4.74 Å². The highest BCUT2D eigenvalue weighted by Gasteiger charge is 2.31. The maximum Gasteiger partial charge on any atom is 0.246 e. The van der Waals surface area contributed by atoms with Crippen molar-refractivity contribution in [1.82, 2.24) is 4.90 Å². The van der Waals surface area contributed by atoms with E-state index in [-0.39, 0.29) is 23.5 Å². The molecule has 0 spiro atoms. The van der Waals surface area contributed by atoms with Crippen LogP contribution in [0.4, 0.5) is 0 Å². The Morgan fingerprint density at radius 2 is 2.19 bits per heavy atom. The average Bonchev–Trinajstić information content (AvgIpc) is 2.84. The van der Waals surface area contributed by atoms with Crippen LogP contribution in [-0.2, 0) is 14.6 Å². The molecule has 0 aromatic heterocycles. The van der Waals surface area contributed by atoms with E-state index in [1.165, 1.54) is 11.0 Å². The van der Waals surface area contributed by atoms with Gasteiger partial charge in [0.15, 0.2) is 9.84 Å². The van der Waals surface area contributed by atoms with Crippen LogP contribution in [0, 0.1) is 0 Å². The first-order chi connectivity index (χ1) is 9.91. The predicted octanol–water partition coefficient (Wildman–Crippen LogP) is 1.35. The Hall–Kier alpha value is -1.82. The lowest BCUT2D eigenvalue weighted by atomic mass is 10.2. The van der Waals surface area contributed by atoms with E-state index in [9.17, 15) is 13.2 Å². The Morgan fingerprint density at radius 3 is 2.81 bits per heavy atom. The molecule has 1 saturated heterocycles. The topological polar surface area (TPSA) is 63.7 Å². The van der Waals surface area contributed by atoms with Crippen LogP contribution in [0.3, 0.4) is 0 Å². The van der Waals surface area contributed by atoms with E-state index in [2.05, 4.69) is 0 Å². The van der Waals surface area contributed by atoms with Crippen molar-refractivity contribution in [2.75, 3.05) is 25.7 Å². The second kappa shape index (κ2) is 6.30. The number of sulfone groups is 1. The molecule has 0 saturated carbocycles. The smallest absolute Gasteiger partial charge is 0.246 e. The number of hydrogen-bond donors (Lipinski definition) is 0. The molecule has 6 heteroatoms. The molecule has 1 atom stereocenters. The number of benzene rings is 1. The van der Waals surface area contributed by atoms with Gasteiger partial charge in [-0.05, 0) is 30.2 Å². The van der Waals surface area contributed by atoms with Crippen molar-refractivity contribution < 1.29 is 17.9 Å². The van der Waals surface area contributed by atoms with Gasteiger partial charge in [0.05, 0.1) is 18.6 Å². The normalized spacial score (nSPS) is 20.6. The second-order valence-electron chi connectivity index (χ2n) is 5.12. The van der Waals surface area contributed by atoms with Gasteiger partial charge < -0.3 is 9.64 Å². The zero-order valence-corrected chi connectivity index (χ0v) is 13.0. The number of ether oxygens (including phenoxy) is 1. The van der Waals surface area contributed by atoms with Gasteiger partial charge in [0.2, 0.25) is 5.91 Å². The molecule has 0 bridgehead atoms. The number of rotatable bonds is 4. The third-order valence-corrected chi connectivity index (χ3v) is 5.37. The molecule has 0 aliphatic carbocycles. The first kappa shape index (κ1) is 15.6. The minimum Gasteiger partial charge on any atom is -0.497 e. The summed E-state index contributed by atoms with van der Waals surface area (Å²) in [6, 6.07) is 7.14. The summed E-state index contributed by atoms with van der Waals surface area (Å²) in [5.74, 6) is 0.747. The fraction of sp³-hybridized carbons (Fsp3) is 0.400. The van der Waals surface area contributed by atoms with E-state index < -0.39 is 9.84 Å². The highest BCUT2D eigenvalue weighted by molar-refractivity contribution is 7.91. The van der Waals surface area contributed by atoms with Crippen LogP contribution in [0.5, 0.6) is 5.75 Å². The fourth-order valence-corrected chi connectivity index (χ4v) is 4.07. The summed E-state index contributed by atoms with van der Waals surface area (Å²) >= 11 is 0. The van der Waals surface area contributed by atoms with Crippen molar-refractivity contribution >= 4 is 21.8 Å². The van der Waals surface area contributed by atoms with Crippen LogP contribution in [0.25, 0.3) is 6.08 Å². The van der Waals surface area contributed by atoms with Crippen LogP contribution in [0.15, 0.2) is 30.3 Å². The van der Waals surface area contributed by atoms with Crippen molar-refractivity contribution in [3.05, 3.63) is 35.9 Å². The number of carbonyl (C=O) groups excluding carboxylic acids is 1. The molecule has 1 heterocycles. The van der Waals surface area contributed by atoms with Crippen molar-refractivity contribution in [2.45, 2.75) is 12.5 Å². The van der Waals surface area contributed by atoms with Gasteiger partial charge in [0, 0.05) is 19.2 Å². The minimum absolute atomic E-state index is 0.0578. The van der Waals surface area contributed by atoms with E-state index in [4.69, 9.17) is 4.74 Å². The van der Waals surface area contributed by atoms with E-state index in [1.807, 2.05) is 24.3 Å². The third-order valence-electron chi connectivity index (χ3n) is 3.62.